The third-order valence-corrected chi connectivity index (χ3v) is 3.09. The van der Waals surface area contributed by atoms with Crippen molar-refractivity contribution in [3.8, 4) is 0 Å². The zero-order valence-electron chi connectivity index (χ0n) is 9.71. The van der Waals surface area contributed by atoms with Gasteiger partial charge in [0.1, 0.15) is 17.5 Å². The van der Waals surface area contributed by atoms with Crippen molar-refractivity contribution in [1.29, 1.82) is 0 Å². The summed E-state index contributed by atoms with van der Waals surface area (Å²) in [6, 6.07) is 7.00. The van der Waals surface area contributed by atoms with Gasteiger partial charge in [0.25, 0.3) is 0 Å². The Morgan fingerprint density at radius 2 is 1.68 bits per heavy atom. The first-order chi connectivity index (χ1) is 8.97. The number of hydrogen-bond acceptors (Lipinski definition) is 1. The minimum absolute atomic E-state index is 0.0577. The van der Waals surface area contributed by atoms with E-state index in [1.807, 2.05) is 0 Å². The molecule has 0 fully saturated rings. The predicted molar refractivity (Wildman–Crippen MR) is 66.4 cm³/mol. The van der Waals surface area contributed by atoms with Crippen molar-refractivity contribution < 1.29 is 18.3 Å². The standard InChI is InChI=1S/C14H10ClF3O/c15-14-11(2-1-3-12(14)18)13(19)6-8-4-9(16)7-10(17)5-8/h1-5,7,13,19H,6H2. The summed E-state index contributed by atoms with van der Waals surface area (Å²) in [4.78, 5) is 0. The summed E-state index contributed by atoms with van der Waals surface area (Å²) in [5.41, 5.74) is 0.455. The van der Waals surface area contributed by atoms with E-state index in [0.29, 0.717) is 0 Å². The van der Waals surface area contributed by atoms with Crippen molar-refractivity contribution in [2.24, 2.45) is 0 Å². The van der Waals surface area contributed by atoms with Crippen LogP contribution < -0.4 is 0 Å². The highest BCUT2D eigenvalue weighted by Gasteiger charge is 2.15. The highest BCUT2D eigenvalue weighted by Crippen LogP contribution is 2.28. The fraction of sp³-hybridized carbons (Fsp3) is 0.143. The Labute approximate surface area is 113 Å². The molecule has 0 aliphatic rings. The maximum atomic E-state index is 13.2. The highest BCUT2D eigenvalue weighted by molar-refractivity contribution is 6.31. The van der Waals surface area contributed by atoms with Crippen molar-refractivity contribution >= 4 is 11.6 Å². The van der Waals surface area contributed by atoms with E-state index in [1.165, 1.54) is 18.2 Å². The van der Waals surface area contributed by atoms with Crippen molar-refractivity contribution in [2.75, 3.05) is 0 Å². The molecule has 0 saturated heterocycles. The molecule has 19 heavy (non-hydrogen) atoms. The van der Waals surface area contributed by atoms with E-state index in [0.717, 1.165) is 18.2 Å². The molecule has 1 nitrogen and oxygen atoms in total. The first-order valence-electron chi connectivity index (χ1n) is 5.54. The summed E-state index contributed by atoms with van der Waals surface area (Å²) >= 11 is 5.73. The Morgan fingerprint density at radius 1 is 1.05 bits per heavy atom. The monoisotopic (exact) mass is 286 g/mol. The Bertz CT molecular complexity index is 581. The van der Waals surface area contributed by atoms with Crippen molar-refractivity contribution in [2.45, 2.75) is 12.5 Å². The lowest BCUT2D eigenvalue weighted by Crippen LogP contribution is -2.04. The van der Waals surface area contributed by atoms with Gasteiger partial charge in [0.15, 0.2) is 0 Å². The number of aliphatic hydroxyl groups is 1. The summed E-state index contributed by atoms with van der Waals surface area (Å²) < 4.78 is 39.3. The molecule has 5 heteroatoms. The van der Waals surface area contributed by atoms with Crippen LogP contribution in [0.15, 0.2) is 36.4 Å². The van der Waals surface area contributed by atoms with Gasteiger partial charge in [0.05, 0.1) is 11.1 Å². The van der Waals surface area contributed by atoms with Crippen LogP contribution in [0, 0.1) is 17.5 Å². The second-order valence-electron chi connectivity index (χ2n) is 4.14. The van der Waals surface area contributed by atoms with Gasteiger partial charge in [-0.1, -0.05) is 23.7 Å². The number of halogens is 4. The SMILES string of the molecule is OC(Cc1cc(F)cc(F)c1)c1cccc(F)c1Cl. The summed E-state index contributed by atoms with van der Waals surface area (Å²) in [6.07, 6.45) is -1.19. The van der Waals surface area contributed by atoms with Crippen molar-refractivity contribution in [3.63, 3.8) is 0 Å². The third-order valence-electron chi connectivity index (χ3n) is 2.69. The van der Waals surface area contributed by atoms with Gasteiger partial charge in [-0.3, -0.25) is 0 Å². The Hall–Kier alpha value is -1.52. The lowest BCUT2D eigenvalue weighted by molar-refractivity contribution is 0.178. The third kappa shape index (κ3) is 3.28. The summed E-state index contributed by atoms with van der Waals surface area (Å²) in [5, 5.41) is 9.78. The molecule has 0 bridgehead atoms. The van der Waals surface area contributed by atoms with Crippen LogP contribution in [0.2, 0.25) is 5.02 Å². The van der Waals surface area contributed by atoms with Crippen LogP contribution in [-0.2, 0) is 6.42 Å². The predicted octanol–water partition coefficient (Wildman–Crippen LogP) is 4.03. The van der Waals surface area contributed by atoms with Crippen LogP contribution in [0.3, 0.4) is 0 Å². The molecule has 0 heterocycles. The van der Waals surface area contributed by atoms with Crippen LogP contribution >= 0.6 is 11.6 Å². The maximum absolute atomic E-state index is 13.2. The van der Waals surface area contributed by atoms with E-state index in [-0.39, 0.29) is 22.6 Å². The molecule has 1 atom stereocenters. The first-order valence-corrected chi connectivity index (χ1v) is 5.92. The lowest BCUT2D eigenvalue weighted by atomic mass is 10.0. The molecule has 0 aliphatic carbocycles. The molecule has 0 saturated carbocycles. The van der Waals surface area contributed by atoms with Gasteiger partial charge in [-0.25, -0.2) is 13.2 Å². The fourth-order valence-corrected chi connectivity index (χ4v) is 2.09. The second-order valence-corrected chi connectivity index (χ2v) is 4.52. The molecular weight excluding hydrogens is 277 g/mol. The molecule has 100 valence electrons. The van der Waals surface area contributed by atoms with Crippen LogP contribution in [0.1, 0.15) is 17.2 Å². The number of rotatable bonds is 3. The van der Waals surface area contributed by atoms with Crippen molar-refractivity contribution in [3.05, 3.63) is 70.0 Å². The Morgan fingerprint density at radius 3 is 2.32 bits per heavy atom. The van der Waals surface area contributed by atoms with E-state index in [2.05, 4.69) is 0 Å². The minimum atomic E-state index is -1.13. The lowest BCUT2D eigenvalue weighted by Gasteiger charge is -2.13. The number of benzene rings is 2. The minimum Gasteiger partial charge on any atom is -0.388 e. The molecule has 2 rings (SSSR count). The smallest absolute Gasteiger partial charge is 0.142 e. The quantitative estimate of drug-likeness (QED) is 0.903. The number of aliphatic hydroxyl groups excluding tert-OH is 1. The van der Waals surface area contributed by atoms with Gasteiger partial charge >= 0.3 is 0 Å². The zero-order chi connectivity index (χ0) is 14.0. The van der Waals surface area contributed by atoms with E-state index < -0.39 is 23.6 Å². The van der Waals surface area contributed by atoms with Gasteiger partial charge in [-0.15, -0.1) is 0 Å². The van der Waals surface area contributed by atoms with E-state index in [4.69, 9.17) is 11.6 Å². The Balaban J connectivity index is 2.25. The van der Waals surface area contributed by atoms with E-state index in [1.54, 1.807) is 0 Å². The van der Waals surface area contributed by atoms with E-state index >= 15 is 0 Å². The van der Waals surface area contributed by atoms with Gasteiger partial charge in [-0.2, -0.15) is 0 Å². The molecule has 0 amide bonds. The maximum Gasteiger partial charge on any atom is 0.142 e. The molecule has 2 aromatic rings. The zero-order valence-corrected chi connectivity index (χ0v) is 10.5. The average molecular weight is 287 g/mol. The molecule has 1 N–H and O–H groups in total. The molecule has 0 aromatic heterocycles. The molecule has 0 radical (unpaired) electrons. The normalized spacial score (nSPS) is 12.5. The van der Waals surface area contributed by atoms with Gasteiger partial charge in [-0.05, 0) is 23.8 Å². The summed E-state index contributed by atoms with van der Waals surface area (Å²) in [5.74, 6) is -2.11. The number of hydrogen-bond donors (Lipinski definition) is 1. The van der Waals surface area contributed by atoms with Crippen molar-refractivity contribution in [1.82, 2.24) is 0 Å². The fourth-order valence-electron chi connectivity index (χ4n) is 1.84. The van der Waals surface area contributed by atoms with Crippen LogP contribution in [0.5, 0.6) is 0 Å². The van der Waals surface area contributed by atoms with Crippen LogP contribution in [-0.4, -0.2) is 5.11 Å². The molecular formula is C14H10ClF3O. The van der Waals surface area contributed by atoms with Crippen LogP contribution in [0.25, 0.3) is 0 Å². The molecule has 0 aliphatic heterocycles. The molecule has 0 spiro atoms. The first kappa shape index (κ1) is 13.9. The largest absolute Gasteiger partial charge is 0.388 e. The second kappa shape index (κ2) is 5.63. The highest BCUT2D eigenvalue weighted by atomic mass is 35.5. The van der Waals surface area contributed by atoms with Crippen LogP contribution in [0.4, 0.5) is 13.2 Å². The van der Waals surface area contributed by atoms with E-state index in [9.17, 15) is 18.3 Å². The average Bonchev–Trinajstić information content (AvgIpc) is 2.31. The molecule has 1 unspecified atom stereocenters. The summed E-state index contributed by atoms with van der Waals surface area (Å²) in [7, 11) is 0. The van der Waals surface area contributed by atoms with Gasteiger partial charge in [0, 0.05) is 18.1 Å². The topological polar surface area (TPSA) is 20.2 Å². The van der Waals surface area contributed by atoms with Gasteiger partial charge < -0.3 is 5.11 Å². The Kier molecular flexibility index (Phi) is 4.12. The molecule has 2 aromatic carbocycles. The summed E-state index contributed by atoms with van der Waals surface area (Å²) in [6.45, 7) is 0. The van der Waals surface area contributed by atoms with Gasteiger partial charge in [0.2, 0.25) is 0 Å².